The second kappa shape index (κ2) is 6.31. The van der Waals surface area contributed by atoms with Crippen molar-refractivity contribution in [2.24, 2.45) is 11.7 Å². The van der Waals surface area contributed by atoms with Gasteiger partial charge in [0.05, 0.1) is 7.11 Å². The van der Waals surface area contributed by atoms with Crippen molar-refractivity contribution < 1.29 is 4.74 Å². The Hall–Kier alpha value is -1.81. The number of methoxy groups -OCH3 is 1. The molecule has 1 heterocycles. The summed E-state index contributed by atoms with van der Waals surface area (Å²) in [6.07, 6.45) is 2.80. The molecule has 0 aliphatic rings. The number of pyridine rings is 1. The number of aromatic nitrogens is 1. The molecule has 4 nitrogen and oxygen atoms in total. The number of ether oxygens (including phenoxy) is 1. The van der Waals surface area contributed by atoms with E-state index in [-0.39, 0.29) is 5.54 Å². The van der Waals surface area contributed by atoms with E-state index in [0.29, 0.717) is 12.5 Å². The molecule has 0 radical (unpaired) electrons. The number of rotatable bonds is 6. The van der Waals surface area contributed by atoms with E-state index in [1.807, 2.05) is 18.2 Å². The summed E-state index contributed by atoms with van der Waals surface area (Å²) in [5.41, 5.74) is 5.82. The molecule has 0 aliphatic heterocycles. The van der Waals surface area contributed by atoms with E-state index in [2.05, 4.69) is 37.1 Å². The summed E-state index contributed by atoms with van der Waals surface area (Å²) in [5, 5.41) is 5.65. The highest BCUT2D eigenvalue weighted by Gasteiger charge is 2.24. The Kier molecular flexibility index (Phi) is 4.68. The van der Waals surface area contributed by atoms with E-state index in [0.717, 1.165) is 28.8 Å². The fourth-order valence-corrected chi connectivity index (χ4v) is 2.83. The number of nitrogens with one attached hydrogen (secondary N) is 1. The first-order chi connectivity index (χ1) is 9.99. The quantitative estimate of drug-likeness (QED) is 0.854. The standard InChI is InChI=1S/C17H25N3O/c1-12(2)10-17(3,11-18)20-16-14-6-5-7-15(21-4)13(14)8-9-19-16/h5-9,12H,10-11,18H2,1-4H3,(H,19,20). The van der Waals surface area contributed by atoms with Crippen LogP contribution in [0.4, 0.5) is 5.82 Å². The minimum absolute atomic E-state index is 0.168. The molecule has 3 N–H and O–H groups in total. The van der Waals surface area contributed by atoms with Crippen molar-refractivity contribution in [1.82, 2.24) is 4.98 Å². The Labute approximate surface area is 126 Å². The van der Waals surface area contributed by atoms with Crippen LogP contribution in [-0.2, 0) is 0 Å². The van der Waals surface area contributed by atoms with Crippen molar-refractivity contribution >= 4 is 16.6 Å². The first kappa shape index (κ1) is 15.6. The Balaban J connectivity index is 2.42. The zero-order valence-electron chi connectivity index (χ0n) is 13.3. The Morgan fingerprint density at radius 3 is 2.67 bits per heavy atom. The van der Waals surface area contributed by atoms with Crippen molar-refractivity contribution in [3.05, 3.63) is 30.5 Å². The lowest BCUT2D eigenvalue weighted by Crippen LogP contribution is -2.43. The molecule has 4 heteroatoms. The first-order valence-corrected chi connectivity index (χ1v) is 7.39. The van der Waals surface area contributed by atoms with Gasteiger partial charge in [-0.1, -0.05) is 26.0 Å². The third-order valence-electron chi connectivity index (χ3n) is 3.72. The van der Waals surface area contributed by atoms with Crippen LogP contribution in [0.25, 0.3) is 10.8 Å². The summed E-state index contributed by atoms with van der Waals surface area (Å²) < 4.78 is 5.42. The molecule has 0 fully saturated rings. The van der Waals surface area contributed by atoms with Gasteiger partial charge in [-0.2, -0.15) is 0 Å². The molecular formula is C17H25N3O. The van der Waals surface area contributed by atoms with E-state index in [1.54, 1.807) is 13.3 Å². The molecule has 0 saturated heterocycles. The number of anilines is 1. The maximum absolute atomic E-state index is 5.99. The minimum atomic E-state index is -0.168. The van der Waals surface area contributed by atoms with Crippen LogP contribution < -0.4 is 15.8 Å². The number of hydrogen-bond donors (Lipinski definition) is 2. The maximum Gasteiger partial charge on any atom is 0.134 e. The van der Waals surface area contributed by atoms with Gasteiger partial charge in [0.25, 0.3) is 0 Å². The van der Waals surface area contributed by atoms with Crippen molar-refractivity contribution in [2.45, 2.75) is 32.7 Å². The number of nitrogens with zero attached hydrogens (tertiary/aromatic N) is 1. The predicted molar refractivity (Wildman–Crippen MR) is 88.8 cm³/mol. The van der Waals surface area contributed by atoms with Gasteiger partial charge < -0.3 is 15.8 Å². The smallest absolute Gasteiger partial charge is 0.134 e. The van der Waals surface area contributed by atoms with Crippen LogP contribution in [0.1, 0.15) is 27.2 Å². The average Bonchev–Trinajstić information content (AvgIpc) is 2.46. The lowest BCUT2D eigenvalue weighted by molar-refractivity contribution is 0.406. The third kappa shape index (κ3) is 3.45. The molecule has 0 saturated carbocycles. The summed E-state index contributed by atoms with van der Waals surface area (Å²) in [5.74, 6) is 2.28. The van der Waals surface area contributed by atoms with Crippen LogP contribution in [-0.4, -0.2) is 24.2 Å². The van der Waals surface area contributed by atoms with Gasteiger partial charge in [-0.3, -0.25) is 0 Å². The SMILES string of the molecule is COc1cccc2c(NC(C)(CN)CC(C)C)nccc12. The van der Waals surface area contributed by atoms with Gasteiger partial charge in [0, 0.05) is 29.1 Å². The van der Waals surface area contributed by atoms with Gasteiger partial charge >= 0.3 is 0 Å². The molecule has 1 aromatic carbocycles. The van der Waals surface area contributed by atoms with Crippen molar-refractivity contribution in [2.75, 3.05) is 19.0 Å². The zero-order chi connectivity index (χ0) is 15.5. The van der Waals surface area contributed by atoms with Crippen molar-refractivity contribution in [1.29, 1.82) is 0 Å². The molecule has 0 amide bonds. The summed E-state index contributed by atoms with van der Waals surface area (Å²) in [7, 11) is 1.69. The Morgan fingerprint density at radius 1 is 1.29 bits per heavy atom. The Morgan fingerprint density at radius 2 is 2.05 bits per heavy atom. The highest BCUT2D eigenvalue weighted by molar-refractivity contribution is 5.96. The van der Waals surface area contributed by atoms with Crippen molar-refractivity contribution in [3.8, 4) is 5.75 Å². The van der Waals surface area contributed by atoms with Gasteiger partial charge in [-0.25, -0.2) is 4.98 Å². The molecule has 1 unspecified atom stereocenters. The van der Waals surface area contributed by atoms with Gasteiger partial charge in [0.15, 0.2) is 0 Å². The fraction of sp³-hybridized carbons (Fsp3) is 0.471. The first-order valence-electron chi connectivity index (χ1n) is 7.39. The predicted octanol–water partition coefficient (Wildman–Crippen LogP) is 3.42. The maximum atomic E-state index is 5.99. The number of hydrogen-bond acceptors (Lipinski definition) is 4. The van der Waals surface area contributed by atoms with Gasteiger partial charge in [0.1, 0.15) is 11.6 Å². The summed E-state index contributed by atoms with van der Waals surface area (Å²) in [6.45, 7) is 7.12. The second-order valence-corrected chi connectivity index (χ2v) is 6.20. The Bertz CT molecular complexity index is 612. The molecule has 2 aromatic rings. The largest absolute Gasteiger partial charge is 0.496 e. The second-order valence-electron chi connectivity index (χ2n) is 6.20. The average molecular weight is 287 g/mol. The molecule has 2 rings (SSSR count). The van der Waals surface area contributed by atoms with Gasteiger partial charge in [-0.15, -0.1) is 0 Å². The van der Waals surface area contributed by atoms with E-state index < -0.39 is 0 Å². The monoisotopic (exact) mass is 287 g/mol. The van der Waals surface area contributed by atoms with E-state index in [4.69, 9.17) is 10.5 Å². The third-order valence-corrected chi connectivity index (χ3v) is 3.72. The number of fused-ring (bicyclic) bond motifs is 1. The summed E-state index contributed by atoms with van der Waals surface area (Å²) in [4.78, 5) is 4.50. The summed E-state index contributed by atoms with van der Waals surface area (Å²) in [6, 6.07) is 7.97. The number of benzene rings is 1. The van der Waals surface area contributed by atoms with Crippen molar-refractivity contribution in [3.63, 3.8) is 0 Å². The number of nitrogens with two attached hydrogens (primary N) is 1. The molecule has 114 valence electrons. The lowest BCUT2D eigenvalue weighted by atomic mass is 9.90. The minimum Gasteiger partial charge on any atom is -0.496 e. The fourth-order valence-electron chi connectivity index (χ4n) is 2.83. The summed E-state index contributed by atoms with van der Waals surface area (Å²) >= 11 is 0. The normalized spacial score (nSPS) is 14.2. The molecule has 21 heavy (non-hydrogen) atoms. The van der Waals surface area contributed by atoms with Crippen LogP contribution in [0, 0.1) is 5.92 Å². The highest BCUT2D eigenvalue weighted by Crippen LogP contribution is 2.31. The molecule has 0 aliphatic carbocycles. The lowest BCUT2D eigenvalue weighted by Gasteiger charge is -2.32. The van der Waals surface area contributed by atoms with E-state index in [9.17, 15) is 0 Å². The van der Waals surface area contributed by atoms with Crippen LogP contribution in [0.3, 0.4) is 0 Å². The van der Waals surface area contributed by atoms with Crippen LogP contribution in [0.5, 0.6) is 5.75 Å². The highest BCUT2D eigenvalue weighted by atomic mass is 16.5. The van der Waals surface area contributed by atoms with E-state index in [1.165, 1.54) is 0 Å². The van der Waals surface area contributed by atoms with Crippen LogP contribution >= 0.6 is 0 Å². The van der Waals surface area contributed by atoms with E-state index >= 15 is 0 Å². The van der Waals surface area contributed by atoms with Crippen LogP contribution in [0.15, 0.2) is 30.5 Å². The van der Waals surface area contributed by atoms with Gasteiger partial charge in [0.2, 0.25) is 0 Å². The molecule has 0 bridgehead atoms. The van der Waals surface area contributed by atoms with Gasteiger partial charge in [-0.05, 0) is 31.4 Å². The molecule has 0 spiro atoms. The molecular weight excluding hydrogens is 262 g/mol. The zero-order valence-corrected chi connectivity index (χ0v) is 13.3. The topological polar surface area (TPSA) is 60.2 Å². The molecule has 1 aromatic heterocycles. The molecule has 1 atom stereocenters. The van der Waals surface area contributed by atoms with Crippen LogP contribution in [0.2, 0.25) is 0 Å².